The fourth-order valence-corrected chi connectivity index (χ4v) is 2.41. The fourth-order valence-electron chi connectivity index (χ4n) is 2.41. The van der Waals surface area contributed by atoms with Crippen LogP contribution in [0.25, 0.3) is 0 Å². The van der Waals surface area contributed by atoms with Crippen LogP contribution in [0, 0.1) is 19.7 Å². The summed E-state index contributed by atoms with van der Waals surface area (Å²) in [5.74, 6) is -0.0482. The Morgan fingerprint density at radius 2 is 2.04 bits per heavy atom. The molecule has 5 nitrogen and oxygen atoms in total. The van der Waals surface area contributed by atoms with Crippen LogP contribution in [0.3, 0.4) is 0 Å². The summed E-state index contributed by atoms with van der Waals surface area (Å²) in [6.07, 6.45) is 1.66. The molecule has 0 aliphatic heterocycles. The summed E-state index contributed by atoms with van der Waals surface area (Å²) >= 11 is 0. The molecule has 3 aromatic rings. The van der Waals surface area contributed by atoms with Crippen molar-refractivity contribution in [1.82, 2.24) is 9.78 Å². The molecule has 0 bridgehead atoms. The van der Waals surface area contributed by atoms with E-state index in [2.05, 4.69) is 10.4 Å². The maximum atomic E-state index is 13.2. The van der Waals surface area contributed by atoms with Crippen LogP contribution < -0.4 is 10.1 Å². The Hall–Kier alpha value is -3.15. The van der Waals surface area contributed by atoms with Gasteiger partial charge in [0.15, 0.2) is 12.4 Å². The quantitative estimate of drug-likeness (QED) is 0.766. The number of nitrogens with zero attached hydrogens (tertiary/aromatic N) is 2. The van der Waals surface area contributed by atoms with Gasteiger partial charge in [0.1, 0.15) is 11.6 Å². The number of ether oxygens (including phenoxy) is 1. The zero-order chi connectivity index (χ0) is 17.8. The van der Waals surface area contributed by atoms with Gasteiger partial charge in [-0.25, -0.2) is 9.07 Å². The Morgan fingerprint density at radius 1 is 1.20 bits per heavy atom. The van der Waals surface area contributed by atoms with Crippen LogP contribution >= 0.6 is 0 Å². The van der Waals surface area contributed by atoms with E-state index in [1.54, 1.807) is 18.3 Å². The van der Waals surface area contributed by atoms with E-state index in [0.29, 0.717) is 5.69 Å². The maximum absolute atomic E-state index is 13.2. The highest BCUT2D eigenvalue weighted by Crippen LogP contribution is 2.19. The van der Waals surface area contributed by atoms with Crippen molar-refractivity contribution >= 4 is 11.6 Å². The van der Waals surface area contributed by atoms with Crippen molar-refractivity contribution in [3.05, 3.63) is 77.4 Å². The first-order valence-corrected chi connectivity index (χ1v) is 7.82. The highest BCUT2D eigenvalue weighted by molar-refractivity contribution is 6.02. The van der Waals surface area contributed by atoms with Crippen LogP contribution in [0.1, 0.15) is 21.6 Å². The number of hydrogen-bond donors (Lipinski definition) is 1. The molecule has 1 N–H and O–H groups in total. The Balaban J connectivity index is 1.62. The Morgan fingerprint density at radius 3 is 2.80 bits per heavy atom. The van der Waals surface area contributed by atoms with E-state index < -0.39 is 11.7 Å². The average molecular weight is 339 g/mol. The molecule has 0 unspecified atom stereocenters. The second-order valence-electron chi connectivity index (χ2n) is 5.75. The number of benzene rings is 2. The summed E-state index contributed by atoms with van der Waals surface area (Å²) < 4.78 is 20.4. The van der Waals surface area contributed by atoms with Crippen LogP contribution in [0.15, 0.2) is 54.7 Å². The van der Waals surface area contributed by atoms with Gasteiger partial charge in [-0.05, 0) is 49.7 Å². The fraction of sp³-hybridized carbons (Fsp3) is 0.158. The minimum absolute atomic E-state index is 0.192. The molecule has 1 amide bonds. The van der Waals surface area contributed by atoms with Gasteiger partial charge in [-0.2, -0.15) is 5.10 Å². The molecular formula is C19H18FN3O2. The van der Waals surface area contributed by atoms with Gasteiger partial charge in [-0.15, -0.1) is 0 Å². The highest BCUT2D eigenvalue weighted by atomic mass is 19.1. The largest absolute Gasteiger partial charge is 0.471 e. The minimum Gasteiger partial charge on any atom is -0.471 e. The number of carbonyl (C=O) groups is 1. The lowest BCUT2D eigenvalue weighted by molar-refractivity contribution is 0.102. The summed E-state index contributed by atoms with van der Waals surface area (Å²) in [6.45, 7) is 4.19. The predicted octanol–water partition coefficient (Wildman–Crippen LogP) is 3.93. The van der Waals surface area contributed by atoms with Gasteiger partial charge in [-0.3, -0.25) is 4.79 Å². The summed E-state index contributed by atoms with van der Waals surface area (Å²) in [6, 6.07) is 13.2. The van der Waals surface area contributed by atoms with Crippen LogP contribution in [-0.4, -0.2) is 15.7 Å². The standard InChI is InChI=1S/C19H18FN3O2/c1-13-6-7-18(14(2)10-13)25-12-23-9-8-17(22-23)19(24)21-16-5-3-4-15(20)11-16/h3-11H,12H2,1-2H3,(H,21,24). The molecule has 3 rings (SSSR count). The maximum Gasteiger partial charge on any atom is 0.276 e. The molecule has 0 aliphatic carbocycles. The van der Waals surface area contributed by atoms with Crippen LogP contribution in [0.2, 0.25) is 0 Å². The van der Waals surface area contributed by atoms with Gasteiger partial charge in [-0.1, -0.05) is 23.8 Å². The van der Waals surface area contributed by atoms with Crippen molar-refractivity contribution in [2.24, 2.45) is 0 Å². The zero-order valence-electron chi connectivity index (χ0n) is 14.0. The van der Waals surface area contributed by atoms with E-state index >= 15 is 0 Å². The van der Waals surface area contributed by atoms with Crippen molar-refractivity contribution < 1.29 is 13.9 Å². The van der Waals surface area contributed by atoms with E-state index in [0.717, 1.165) is 11.3 Å². The lowest BCUT2D eigenvalue weighted by atomic mass is 10.1. The number of carbonyl (C=O) groups excluding carboxylic acids is 1. The minimum atomic E-state index is -0.412. The summed E-state index contributed by atoms with van der Waals surface area (Å²) in [5, 5.41) is 6.78. The SMILES string of the molecule is Cc1ccc(OCn2ccc(C(=O)Nc3cccc(F)c3)n2)c(C)c1. The molecule has 0 saturated heterocycles. The van der Waals surface area contributed by atoms with Crippen molar-refractivity contribution in [3.63, 3.8) is 0 Å². The Labute approximate surface area is 145 Å². The van der Waals surface area contributed by atoms with E-state index in [4.69, 9.17) is 4.74 Å². The molecule has 1 heterocycles. The third kappa shape index (κ3) is 4.23. The van der Waals surface area contributed by atoms with Crippen LogP contribution in [-0.2, 0) is 6.73 Å². The zero-order valence-corrected chi connectivity index (χ0v) is 14.0. The molecule has 25 heavy (non-hydrogen) atoms. The van der Waals surface area contributed by atoms with Crippen LogP contribution in [0.5, 0.6) is 5.75 Å². The molecule has 0 radical (unpaired) electrons. The van der Waals surface area contributed by atoms with E-state index in [9.17, 15) is 9.18 Å². The van der Waals surface area contributed by atoms with Gasteiger partial charge < -0.3 is 10.1 Å². The molecule has 1 aromatic heterocycles. The van der Waals surface area contributed by atoms with Gasteiger partial charge in [0.2, 0.25) is 0 Å². The summed E-state index contributed by atoms with van der Waals surface area (Å²) in [7, 11) is 0. The smallest absolute Gasteiger partial charge is 0.276 e. The van der Waals surface area contributed by atoms with Crippen LogP contribution in [0.4, 0.5) is 10.1 Å². The van der Waals surface area contributed by atoms with Gasteiger partial charge in [0.25, 0.3) is 5.91 Å². The molecule has 0 saturated carbocycles. The number of hydrogen-bond acceptors (Lipinski definition) is 3. The molecule has 2 aromatic carbocycles. The van der Waals surface area contributed by atoms with E-state index in [1.807, 2.05) is 32.0 Å². The second kappa shape index (κ2) is 7.17. The highest BCUT2D eigenvalue weighted by Gasteiger charge is 2.10. The number of amides is 1. The number of anilines is 1. The first kappa shape index (κ1) is 16.7. The first-order chi connectivity index (χ1) is 12.0. The molecule has 6 heteroatoms. The normalized spacial score (nSPS) is 10.5. The molecular weight excluding hydrogens is 321 g/mol. The van der Waals surface area contributed by atoms with Crippen molar-refractivity contribution in [1.29, 1.82) is 0 Å². The average Bonchev–Trinajstić information content (AvgIpc) is 3.03. The molecule has 128 valence electrons. The van der Waals surface area contributed by atoms with Gasteiger partial charge in [0, 0.05) is 11.9 Å². The first-order valence-electron chi connectivity index (χ1n) is 7.82. The second-order valence-corrected chi connectivity index (χ2v) is 5.75. The topological polar surface area (TPSA) is 56.1 Å². The molecule has 0 fully saturated rings. The molecule has 0 aliphatic rings. The molecule has 0 atom stereocenters. The number of aryl methyl sites for hydroxylation is 2. The number of aromatic nitrogens is 2. The Bertz CT molecular complexity index is 905. The summed E-state index contributed by atoms with van der Waals surface area (Å²) in [5.41, 5.74) is 2.82. The van der Waals surface area contributed by atoms with E-state index in [-0.39, 0.29) is 12.4 Å². The monoisotopic (exact) mass is 339 g/mol. The van der Waals surface area contributed by atoms with Crippen molar-refractivity contribution in [2.75, 3.05) is 5.32 Å². The van der Waals surface area contributed by atoms with Gasteiger partial charge >= 0.3 is 0 Å². The molecule has 0 spiro atoms. The van der Waals surface area contributed by atoms with E-state index in [1.165, 1.54) is 28.4 Å². The van der Waals surface area contributed by atoms with Gasteiger partial charge in [0.05, 0.1) is 0 Å². The predicted molar refractivity (Wildman–Crippen MR) is 93.1 cm³/mol. The Kier molecular flexibility index (Phi) is 4.79. The van der Waals surface area contributed by atoms with Crippen molar-refractivity contribution in [2.45, 2.75) is 20.6 Å². The number of halogens is 1. The van der Waals surface area contributed by atoms with Crippen molar-refractivity contribution in [3.8, 4) is 5.75 Å². The third-order valence-corrected chi connectivity index (χ3v) is 3.64. The number of rotatable bonds is 5. The third-order valence-electron chi connectivity index (χ3n) is 3.64. The summed E-state index contributed by atoms with van der Waals surface area (Å²) in [4.78, 5) is 12.2. The lowest BCUT2D eigenvalue weighted by Crippen LogP contribution is -2.14. The number of nitrogens with one attached hydrogen (secondary N) is 1. The lowest BCUT2D eigenvalue weighted by Gasteiger charge is -2.09.